The molecule has 21 heavy (non-hydrogen) atoms. The summed E-state index contributed by atoms with van der Waals surface area (Å²) in [7, 11) is 1.48. The summed E-state index contributed by atoms with van der Waals surface area (Å²) in [6.45, 7) is 2.13. The molecule has 1 aromatic carbocycles. The van der Waals surface area contributed by atoms with Gasteiger partial charge in [-0.2, -0.15) is 13.2 Å². The third-order valence-corrected chi connectivity index (χ3v) is 2.94. The van der Waals surface area contributed by atoms with Crippen LogP contribution in [0.1, 0.15) is 29.3 Å². The van der Waals surface area contributed by atoms with Crippen LogP contribution in [0, 0.1) is 0 Å². The Morgan fingerprint density at radius 2 is 2.10 bits per heavy atom. The van der Waals surface area contributed by atoms with Crippen molar-refractivity contribution < 1.29 is 22.7 Å². The van der Waals surface area contributed by atoms with Crippen molar-refractivity contribution in [3.05, 3.63) is 29.3 Å². The number of halogens is 3. The zero-order valence-electron chi connectivity index (χ0n) is 11.8. The molecule has 0 aliphatic rings. The quantitative estimate of drug-likeness (QED) is 0.556. The number of carbonyl (C=O) groups excluding carboxylic acids is 1. The van der Waals surface area contributed by atoms with Crippen LogP contribution in [-0.2, 0) is 10.9 Å². The fraction of sp³-hybridized carbons (Fsp3) is 0.462. The number of hydrogen-bond donors (Lipinski definition) is 3. The molecule has 1 atom stereocenters. The average Bonchev–Trinajstić information content (AvgIpc) is 2.44. The largest absolute Gasteiger partial charge is 0.418 e. The number of benzene rings is 1. The average molecular weight is 305 g/mol. The molecule has 1 amide bonds. The Balaban J connectivity index is 3.01. The highest BCUT2D eigenvalue weighted by Crippen LogP contribution is 2.35. The lowest BCUT2D eigenvalue weighted by molar-refractivity contribution is -0.137. The molecule has 8 heteroatoms. The smallest absolute Gasteiger partial charge is 0.383 e. The van der Waals surface area contributed by atoms with E-state index in [0.29, 0.717) is 6.42 Å². The van der Waals surface area contributed by atoms with Crippen LogP contribution in [0.3, 0.4) is 0 Å². The van der Waals surface area contributed by atoms with Gasteiger partial charge in [0.15, 0.2) is 0 Å². The van der Waals surface area contributed by atoms with Gasteiger partial charge in [-0.05, 0) is 24.6 Å². The summed E-state index contributed by atoms with van der Waals surface area (Å²) in [5.41, 5.74) is 0.604. The van der Waals surface area contributed by atoms with Crippen molar-refractivity contribution in [1.82, 2.24) is 5.32 Å². The van der Waals surface area contributed by atoms with Gasteiger partial charge in [0.2, 0.25) is 0 Å². The molecule has 0 saturated carbocycles. The van der Waals surface area contributed by atoms with Crippen LogP contribution >= 0.6 is 0 Å². The Labute approximate surface area is 120 Å². The molecule has 0 aliphatic carbocycles. The highest BCUT2D eigenvalue weighted by atomic mass is 19.4. The lowest BCUT2D eigenvalue weighted by Gasteiger charge is -2.17. The van der Waals surface area contributed by atoms with Crippen LogP contribution in [0.15, 0.2) is 18.2 Å². The lowest BCUT2D eigenvalue weighted by atomic mass is 10.1. The van der Waals surface area contributed by atoms with Crippen molar-refractivity contribution >= 4 is 11.6 Å². The predicted octanol–water partition coefficient (Wildman–Crippen LogP) is 2.15. The maximum absolute atomic E-state index is 12.9. The first-order valence-corrected chi connectivity index (χ1v) is 6.31. The minimum atomic E-state index is -4.60. The van der Waals surface area contributed by atoms with Gasteiger partial charge in [0.25, 0.3) is 5.91 Å². The summed E-state index contributed by atoms with van der Waals surface area (Å²) in [5.74, 6) is 4.46. The van der Waals surface area contributed by atoms with E-state index in [0.717, 1.165) is 12.1 Å². The number of methoxy groups -OCH3 is 1. The van der Waals surface area contributed by atoms with E-state index in [2.05, 4.69) is 5.32 Å². The number of hydrogen-bond acceptors (Lipinski definition) is 4. The highest BCUT2D eigenvalue weighted by Gasteiger charge is 2.34. The van der Waals surface area contributed by atoms with Gasteiger partial charge in [-0.3, -0.25) is 10.6 Å². The standard InChI is InChI=1S/C13H18F3N3O2/c1-3-9(7-21-2)18-12(20)8-4-5-11(19-17)10(6-8)13(14,15)16/h4-6,9,19H,3,7,17H2,1-2H3,(H,18,20). The van der Waals surface area contributed by atoms with Crippen molar-refractivity contribution in [3.63, 3.8) is 0 Å². The Hall–Kier alpha value is -1.80. The van der Waals surface area contributed by atoms with E-state index < -0.39 is 17.6 Å². The van der Waals surface area contributed by atoms with Gasteiger partial charge in [0.05, 0.1) is 23.9 Å². The van der Waals surface area contributed by atoms with Gasteiger partial charge in [-0.1, -0.05) is 6.92 Å². The number of hydrazine groups is 1. The Bertz CT molecular complexity index is 492. The molecule has 0 radical (unpaired) electrons. The molecular formula is C13H18F3N3O2. The number of ether oxygens (including phenoxy) is 1. The number of alkyl halides is 3. The number of amides is 1. The lowest BCUT2D eigenvalue weighted by Crippen LogP contribution is -2.37. The fourth-order valence-corrected chi connectivity index (χ4v) is 1.78. The molecule has 0 aliphatic heterocycles. The fourth-order valence-electron chi connectivity index (χ4n) is 1.78. The van der Waals surface area contributed by atoms with E-state index in [4.69, 9.17) is 10.6 Å². The molecule has 1 unspecified atom stereocenters. The molecule has 0 bridgehead atoms. The summed E-state index contributed by atoms with van der Waals surface area (Å²) in [6.07, 6.45) is -4.00. The van der Waals surface area contributed by atoms with Gasteiger partial charge in [-0.15, -0.1) is 0 Å². The Kier molecular flexibility index (Phi) is 5.98. The zero-order chi connectivity index (χ0) is 16.0. The number of anilines is 1. The second kappa shape index (κ2) is 7.28. The summed E-state index contributed by atoms with van der Waals surface area (Å²) >= 11 is 0. The number of rotatable bonds is 6. The third-order valence-electron chi connectivity index (χ3n) is 2.94. The first kappa shape index (κ1) is 17.3. The summed E-state index contributed by atoms with van der Waals surface area (Å²) in [5, 5.41) is 2.62. The monoisotopic (exact) mass is 305 g/mol. The third kappa shape index (κ3) is 4.61. The van der Waals surface area contributed by atoms with E-state index in [-0.39, 0.29) is 23.9 Å². The molecule has 0 saturated heterocycles. The van der Waals surface area contributed by atoms with Crippen molar-refractivity contribution in [2.24, 2.45) is 5.84 Å². The van der Waals surface area contributed by atoms with Crippen LogP contribution in [0.5, 0.6) is 0 Å². The van der Waals surface area contributed by atoms with Crippen molar-refractivity contribution in [1.29, 1.82) is 0 Å². The first-order valence-electron chi connectivity index (χ1n) is 6.31. The minimum absolute atomic E-state index is 0.0871. The molecule has 5 nitrogen and oxygen atoms in total. The molecule has 0 aromatic heterocycles. The predicted molar refractivity (Wildman–Crippen MR) is 72.7 cm³/mol. The van der Waals surface area contributed by atoms with E-state index in [1.54, 1.807) is 0 Å². The molecule has 0 fully saturated rings. The maximum Gasteiger partial charge on any atom is 0.418 e. The van der Waals surface area contributed by atoms with Crippen molar-refractivity contribution in [2.45, 2.75) is 25.6 Å². The van der Waals surface area contributed by atoms with Crippen LogP contribution in [0.4, 0.5) is 18.9 Å². The van der Waals surface area contributed by atoms with E-state index >= 15 is 0 Å². The van der Waals surface area contributed by atoms with Crippen LogP contribution < -0.4 is 16.6 Å². The first-order chi connectivity index (χ1) is 9.83. The van der Waals surface area contributed by atoms with Crippen molar-refractivity contribution in [3.8, 4) is 0 Å². The topological polar surface area (TPSA) is 76.4 Å². The number of nitrogens with one attached hydrogen (secondary N) is 2. The second-order valence-corrected chi connectivity index (χ2v) is 4.44. The molecule has 1 rings (SSSR count). The Morgan fingerprint density at radius 1 is 1.43 bits per heavy atom. The maximum atomic E-state index is 12.9. The molecule has 118 valence electrons. The number of nitrogens with two attached hydrogens (primary N) is 1. The van der Waals surface area contributed by atoms with Gasteiger partial charge in [0.1, 0.15) is 0 Å². The van der Waals surface area contributed by atoms with E-state index in [1.165, 1.54) is 13.2 Å². The second-order valence-electron chi connectivity index (χ2n) is 4.44. The van der Waals surface area contributed by atoms with E-state index in [1.807, 2.05) is 12.3 Å². The molecular weight excluding hydrogens is 287 g/mol. The molecule has 0 spiro atoms. The number of nitrogen functional groups attached to an aromatic ring is 1. The van der Waals surface area contributed by atoms with Crippen molar-refractivity contribution in [2.75, 3.05) is 19.1 Å². The summed E-state index contributed by atoms with van der Waals surface area (Å²) in [6, 6.07) is 2.90. The van der Waals surface area contributed by atoms with Crippen LogP contribution in [0.2, 0.25) is 0 Å². The van der Waals surface area contributed by atoms with Gasteiger partial charge >= 0.3 is 6.18 Å². The summed E-state index contributed by atoms with van der Waals surface area (Å²) in [4.78, 5) is 12.0. The number of carbonyl (C=O) groups is 1. The summed E-state index contributed by atoms with van der Waals surface area (Å²) < 4.78 is 43.6. The van der Waals surface area contributed by atoms with Crippen LogP contribution in [-0.4, -0.2) is 25.7 Å². The normalized spacial score (nSPS) is 12.9. The zero-order valence-corrected chi connectivity index (χ0v) is 11.8. The SMILES string of the molecule is CCC(COC)NC(=O)c1ccc(NN)c(C(F)(F)F)c1. The van der Waals surface area contributed by atoms with Gasteiger partial charge in [-0.25, -0.2) is 0 Å². The van der Waals surface area contributed by atoms with Crippen LogP contribution in [0.25, 0.3) is 0 Å². The van der Waals surface area contributed by atoms with E-state index in [9.17, 15) is 18.0 Å². The van der Waals surface area contributed by atoms with Gasteiger partial charge < -0.3 is 15.5 Å². The molecule has 0 heterocycles. The Morgan fingerprint density at radius 3 is 2.57 bits per heavy atom. The minimum Gasteiger partial charge on any atom is -0.383 e. The molecule has 4 N–H and O–H groups in total. The van der Waals surface area contributed by atoms with Gasteiger partial charge in [0, 0.05) is 12.7 Å². The highest BCUT2D eigenvalue weighted by molar-refractivity contribution is 5.95. The molecule has 1 aromatic rings.